The minimum Gasteiger partial charge on any atom is -0.0616 e. The van der Waals surface area contributed by atoms with Crippen molar-refractivity contribution in [3.05, 3.63) is 57.7 Å². The lowest BCUT2D eigenvalue weighted by atomic mass is 10.0. The maximum Gasteiger partial charge on any atom is 0.0208 e. The third-order valence-electron chi connectivity index (χ3n) is 2.44. The number of hydrogen-bond acceptors (Lipinski definition) is 0. The lowest BCUT2D eigenvalue weighted by Gasteiger charge is -2.04. The van der Waals surface area contributed by atoms with Crippen molar-refractivity contribution in [2.75, 3.05) is 0 Å². The molecule has 0 bridgehead atoms. The molecular formula is C14H12I. The van der Waals surface area contributed by atoms with Crippen LogP contribution in [0.5, 0.6) is 0 Å². The Bertz CT molecular complexity index is 443. The highest BCUT2D eigenvalue weighted by Crippen LogP contribution is 2.24. The van der Waals surface area contributed by atoms with Crippen molar-refractivity contribution in [1.29, 1.82) is 0 Å². The van der Waals surface area contributed by atoms with Gasteiger partial charge in [0.15, 0.2) is 0 Å². The van der Waals surface area contributed by atoms with E-state index >= 15 is 0 Å². The minimum atomic E-state index is 1.05. The largest absolute Gasteiger partial charge is 0.0616 e. The lowest BCUT2D eigenvalue weighted by molar-refractivity contribution is 1.14. The van der Waals surface area contributed by atoms with Gasteiger partial charge in [0.05, 0.1) is 0 Å². The van der Waals surface area contributed by atoms with E-state index in [2.05, 4.69) is 78.0 Å². The summed E-state index contributed by atoms with van der Waals surface area (Å²) in [5.41, 5.74) is 3.80. The Morgan fingerprint density at radius 3 is 2.53 bits per heavy atom. The second-order valence-corrected chi connectivity index (χ2v) is 4.60. The molecule has 0 saturated carbocycles. The normalized spacial score (nSPS) is 10.3. The summed E-state index contributed by atoms with van der Waals surface area (Å²) in [7, 11) is 0. The Balaban J connectivity index is 2.42. The average Bonchev–Trinajstić information content (AvgIpc) is 2.30. The summed E-state index contributed by atoms with van der Waals surface area (Å²) in [4.78, 5) is 0. The molecular weight excluding hydrogens is 295 g/mol. The molecule has 0 spiro atoms. The Morgan fingerprint density at radius 2 is 1.93 bits per heavy atom. The molecule has 0 aliphatic rings. The van der Waals surface area contributed by atoms with Gasteiger partial charge in [-0.3, -0.25) is 0 Å². The summed E-state index contributed by atoms with van der Waals surface area (Å²) in [5, 5.41) is 0. The maximum absolute atomic E-state index is 3.31. The summed E-state index contributed by atoms with van der Waals surface area (Å²) in [6.45, 7) is 2.15. The van der Waals surface area contributed by atoms with E-state index in [4.69, 9.17) is 0 Å². The van der Waals surface area contributed by atoms with Gasteiger partial charge in [0, 0.05) is 3.57 Å². The van der Waals surface area contributed by atoms with Crippen molar-refractivity contribution >= 4 is 22.6 Å². The van der Waals surface area contributed by atoms with Crippen LogP contribution in [0.25, 0.3) is 11.1 Å². The topological polar surface area (TPSA) is 0 Å². The summed E-state index contributed by atoms with van der Waals surface area (Å²) < 4.78 is 1.28. The van der Waals surface area contributed by atoms with Crippen LogP contribution in [-0.2, 0) is 6.42 Å². The molecule has 0 heterocycles. The van der Waals surface area contributed by atoms with E-state index in [0.29, 0.717) is 0 Å². The molecule has 15 heavy (non-hydrogen) atoms. The number of benzene rings is 2. The Labute approximate surface area is 104 Å². The van der Waals surface area contributed by atoms with E-state index in [0.717, 1.165) is 6.42 Å². The highest BCUT2D eigenvalue weighted by molar-refractivity contribution is 14.1. The van der Waals surface area contributed by atoms with Gasteiger partial charge < -0.3 is 0 Å². The van der Waals surface area contributed by atoms with Gasteiger partial charge >= 0.3 is 0 Å². The van der Waals surface area contributed by atoms with E-state index in [-0.39, 0.29) is 0 Å². The molecule has 0 atom stereocenters. The molecule has 2 aromatic rings. The van der Waals surface area contributed by atoms with Crippen LogP contribution in [0.15, 0.2) is 42.5 Å². The fraction of sp³-hybridized carbons (Fsp3) is 0.143. The van der Waals surface area contributed by atoms with Crippen LogP contribution in [0, 0.1) is 9.64 Å². The molecule has 0 fully saturated rings. The van der Waals surface area contributed by atoms with Crippen LogP contribution < -0.4 is 0 Å². The molecule has 0 saturated heterocycles. The summed E-state index contributed by atoms with van der Waals surface area (Å²) >= 11 is 2.37. The van der Waals surface area contributed by atoms with Crippen molar-refractivity contribution in [2.24, 2.45) is 0 Å². The second kappa shape index (κ2) is 4.79. The zero-order valence-electron chi connectivity index (χ0n) is 8.63. The molecule has 1 heteroatoms. The van der Waals surface area contributed by atoms with E-state index < -0.39 is 0 Å². The van der Waals surface area contributed by atoms with Crippen molar-refractivity contribution in [1.82, 2.24) is 0 Å². The van der Waals surface area contributed by atoms with Gasteiger partial charge in [-0.05, 0) is 63.9 Å². The van der Waals surface area contributed by atoms with Gasteiger partial charge in [0.1, 0.15) is 0 Å². The highest BCUT2D eigenvalue weighted by atomic mass is 127. The lowest BCUT2D eigenvalue weighted by Crippen LogP contribution is -1.84. The first kappa shape index (κ1) is 10.7. The Hall–Kier alpha value is -0.830. The number of rotatable bonds is 2. The molecule has 0 amide bonds. The van der Waals surface area contributed by atoms with E-state index in [1.54, 1.807) is 0 Å². The van der Waals surface area contributed by atoms with E-state index in [9.17, 15) is 0 Å². The zero-order valence-corrected chi connectivity index (χ0v) is 10.8. The molecule has 0 aliphatic carbocycles. The number of hydrogen-bond donors (Lipinski definition) is 0. The predicted octanol–water partition coefficient (Wildman–Crippen LogP) is 4.32. The first-order chi connectivity index (χ1) is 7.31. The maximum atomic E-state index is 3.31. The molecule has 75 valence electrons. The Kier molecular flexibility index (Phi) is 3.41. The van der Waals surface area contributed by atoms with Crippen molar-refractivity contribution < 1.29 is 0 Å². The van der Waals surface area contributed by atoms with Crippen LogP contribution in [0.3, 0.4) is 0 Å². The zero-order chi connectivity index (χ0) is 10.7. The quantitative estimate of drug-likeness (QED) is 0.725. The van der Waals surface area contributed by atoms with Crippen LogP contribution in [0.1, 0.15) is 12.5 Å². The monoisotopic (exact) mass is 307 g/mol. The van der Waals surface area contributed by atoms with Gasteiger partial charge in [0.25, 0.3) is 0 Å². The number of halogens is 1. The van der Waals surface area contributed by atoms with Crippen molar-refractivity contribution in [3.63, 3.8) is 0 Å². The molecule has 0 N–H and O–H groups in total. The third-order valence-corrected chi connectivity index (χ3v) is 3.38. The standard InChI is InChI=1S/C14H12I/c1-2-11-7-9-12(10-8-11)13-5-3-4-6-14(13)15/h3-7,9-10H,2H2,1H3. The smallest absolute Gasteiger partial charge is 0.0208 e. The first-order valence-corrected chi connectivity index (χ1v) is 6.14. The summed E-state index contributed by atoms with van der Waals surface area (Å²) in [6, 6.07) is 18.1. The van der Waals surface area contributed by atoms with E-state index in [1.165, 1.54) is 20.3 Å². The van der Waals surface area contributed by atoms with Gasteiger partial charge in [-0.15, -0.1) is 0 Å². The molecule has 0 nitrogen and oxygen atoms in total. The van der Waals surface area contributed by atoms with Gasteiger partial charge in [-0.1, -0.05) is 37.3 Å². The molecule has 0 aromatic heterocycles. The number of aryl methyl sites for hydroxylation is 1. The van der Waals surface area contributed by atoms with Gasteiger partial charge in [0.2, 0.25) is 0 Å². The minimum absolute atomic E-state index is 1.05. The molecule has 0 aliphatic heterocycles. The van der Waals surface area contributed by atoms with E-state index in [1.807, 2.05) is 0 Å². The summed E-state index contributed by atoms with van der Waals surface area (Å²) in [5.74, 6) is 0. The van der Waals surface area contributed by atoms with Crippen molar-refractivity contribution in [3.8, 4) is 11.1 Å². The fourth-order valence-corrected chi connectivity index (χ4v) is 2.24. The Morgan fingerprint density at radius 1 is 1.13 bits per heavy atom. The first-order valence-electron chi connectivity index (χ1n) is 5.07. The molecule has 0 unspecified atom stereocenters. The molecule has 2 aromatic carbocycles. The van der Waals surface area contributed by atoms with Crippen molar-refractivity contribution in [2.45, 2.75) is 13.3 Å². The SMILES string of the molecule is CCc1[c]cc(-c2ccccc2I)cc1. The van der Waals surface area contributed by atoms with Crippen LogP contribution in [-0.4, -0.2) is 0 Å². The van der Waals surface area contributed by atoms with Crippen LogP contribution in [0.2, 0.25) is 0 Å². The molecule has 1 radical (unpaired) electrons. The summed E-state index contributed by atoms with van der Waals surface area (Å²) in [6.07, 6.45) is 1.05. The second-order valence-electron chi connectivity index (χ2n) is 3.44. The van der Waals surface area contributed by atoms with Crippen LogP contribution in [0.4, 0.5) is 0 Å². The van der Waals surface area contributed by atoms with Crippen LogP contribution >= 0.6 is 22.6 Å². The third kappa shape index (κ3) is 2.40. The average molecular weight is 307 g/mol. The molecule has 2 rings (SSSR count). The van der Waals surface area contributed by atoms with Gasteiger partial charge in [-0.2, -0.15) is 0 Å². The van der Waals surface area contributed by atoms with Gasteiger partial charge in [-0.25, -0.2) is 0 Å². The highest BCUT2D eigenvalue weighted by Gasteiger charge is 2.01. The predicted molar refractivity (Wildman–Crippen MR) is 72.8 cm³/mol. The fourth-order valence-electron chi connectivity index (χ4n) is 1.54.